The molecule has 2 aromatic rings. The molecular weight excluding hydrogens is 428 g/mol. The Morgan fingerprint density at radius 2 is 1.69 bits per heavy atom. The number of rotatable bonds is 8. The molecule has 1 heterocycles. The second-order valence-electron chi connectivity index (χ2n) is 6.96. The van der Waals surface area contributed by atoms with Crippen molar-refractivity contribution in [1.82, 2.24) is 9.21 Å². The number of hydrogen-bond donors (Lipinski definition) is 0. The van der Waals surface area contributed by atoms with Crippen LogP contribution in [0.4, 0.5) is 0 Å². The van der Waals surface area contributed by atoms with Gasteiger partial charge >= 0.3 is 0 Å². The Balaban J connectivity index is 1.46. The average molecular weight is 453 g/mol. The molecule has 0 aromatic heterocycles. The van der Waals surface area contributed by atoms with Crippen LogP contribution < -0.4 is 0 Å². The van der Waals surface area contributed by atoms with Crippen molar-refractivity contribution in [2.24, 2.45) is 0 Å². The third-order valence-corrected chi connectivity index (χ3v) is 8.46. The largest absolute Gasteiger partial charge is 0.301 e. The van der Waals surface area contributed by atoms with Gasteiger partial charge in [0.1, 0.15) is 0 Å². The van der Waals surface area contributed by atoms with E-state index in [-0.39, 0.29) is 10.7 Å². The van der Waals surface area contributed by atoms with Crippen LogP contribution in [0.2, 0.25) is 5.02 Å². The fourth-order valence-electron chi connectivity index (χ4n) is 3.24. The van der Waals surface area contributed by atoms with Crippen LogP contribution in [0.5, 0.6) is 0 Å². The molecule has 2 aromatic carbocycles. The molecule has 1 aliphatic heterocycles. The van der Waals surface area contributed by atoms with Gasteiger partial charge < -0.3 is 4.90 Å². The van der Waals surface area contributed by atoms with Crippen LogP contribution in [0.1, 0.15) is 23.7 Å². The Morgan fingerprint density at radius 1 is 1.03 bits per heavy atom. The maximum atomic E-state index is 12.8. The molecule has 0 atom stereocenters. The van der Waals surface area contributed by atoms with Crippen LogP contribution in [-0.4, -0.2) is 61.9 Å². The zero-order valence-corrected chi connectivity index (χ0v) is 18.8. The lowest BCUT2D eigenvalue weighted by molar-refractivity contribution is 0.101. The SMILES string of the molecule is CC(=O)c1ccc(S(=O)(=O)N2CCN(CCCSc3ccccc3Cl)CC2)cc1. The Labute approximate surface area is 182 Å². The summed E-state index contributed by atoms with van der Waals surface area (Å²) < 4.78 is 27.2. The van der Waals surface area contributed by atoms with Crippen LogP contribution in [0.25, 0.3) is 0 Å². The lowest BCUT2D eigenvalue weighted by Crippen LogP contribution is -2.48. The monoisotopic (exact) mass is 452 g/mol. The normalized spacial score (nSPS) is 16.1. The fraction of sp³-hybridized carbons (Fsp3) is 0.381. The summed E-state index contributed by atoms with van der Waals surface area (Å²) in [5, 5.41) is 0.785. The third kappa shape index (κ3) is 5.83. The number of Topliss-reactive ketones (excluding diaryl/α,β-unsaturated/α-hetero) is 1. The van der Waals surface area contributed by atoms with Crippen molar-refractivity contribution in [2.45, 2.75) is 23.1 Å². The minimum Gasteiger partial charge on any atom is -0.301 e. The predicted molar refractivity (Wildman–Crippen MR) is 118 cm³/mol. The highest BCUT2D eigenvalue weighted by molar-refractivity contribution is 7.99. The summed E-state index contributed by atoms with van der Waals surface area (Å²) in [6.45, 7) is 4.82. The number of thioether (sulfide) groups is 1. The quantitative estimate of drug-likeness (QED) is 0.344. The number of halogens is 1. The van der Waals surface area contributed by atoms with Crippen molar-refractivity contribution in [3.63, 3.8) is 0 Å². The minimum atomic E-state index is -3.52. The van der Waals surface area contributed by atoms with Crippen LogP contribution in [0, 0.1) is 0 Å². The molecule has 29 heavy (non-hydrogen) atoms. The first-order valence-corrected chi connectivity index (χ1v) is 12.4. The summed E-state index contributed by atoms with van der Waals surface area (Å²) in [6.07, 6.45) is 1.02. The van der Waals surface area contributed by atoms with E-state index in [1.807, 2.05) is 24.3 Å². The highest BCUT2D eigenvalue weighted by Gasteiger charge is 2.28. The predicted octanol–water partition coefficient (Wildman–Crippen LogP) is 4.03. The van der Waals surface area contributed by atoms with Crippen molar-refractivity contribution in [3.05, 3.63) is 59.1 Å². The molecule has 1 saturated heterocycles. The van der Waals surface area contributed by atoms with E-state index in [9.17, 15) is 13.2 Å². The van der Waals surface area contributed by atoms with E-state index in [0.717, 1.165) is 41.7 Å². The summed E-state index contributed by atoms with van der Waals surface area (Å²) in [4.78, 5) is 15.0. The van der Waals surface area contributed by atoms with Gasteiger partial charge in [0.05, 0.1) is 9.92 Å². The van der Waals surface area contributed by atoms with Gasteiger partial charge in [-0.05, 0) is 49.9 Å². The molecule has 1 fully saturated rings. The number of hydrogen-bond acceptors (Lipinski definition) is 5. The van der Waals surface area contributed by atoms with Gasteiger partial charge in [0.15, 0.2) is 5.78 Å². The van der Waals surface area contributed by atoms with E-state index in [4.69, 9.17) is 11.6 Å². The van der Waals surface area contributed by atoms with E-state index < -0.39 is 10.0 Å². The zero-order valence-electron chi connectivity index (χ0n) is 16.4. The summed E-state index contributed by atoms with van der Waals surface area (Å²) in [7, 11) is -3.52. The number of sulfonamides is 1. The summed E-state index contributed by atoms with van der Waals surface area (Å²) in [5.74, 6) is 0.903. The van der Waals surface area contributed by atoms with Gasteiger partial charge in [0, 0.05) is 36.6 Å². The van der Waals surface area contributed by atoms with E-state index in [0.29, 0.717) is 18.7 Å². The highest BCUT2D eigenvalue weighted by Crippen LogP contribution is 2.27. The molecule has 0 spiro atoms. The lowest BCUT2D eigenvalue weighted by Gasteiger charge is -2.34. The molecular formula is C21H25ClN2O3S2. The van der Waals surface area contributed by atoms with E-state index in [1.165, 1.54) is 23.4 Å². The molecule has 0 bridgehead atoms. The van der Waals surface area contributed by atoms with Gasteiger partial charge in [-0.2, -0.15) is 4.31 Å². The Hall–Kier alpha value is -1.38. The molecule has 0 N–H and O–H groups in total. The minimum absolute atomic E-state index is 0.0738. The second-order valence-corrected chi connectivity index (χ2v) is 10.4. The molecule has 0 radical (unpaired) electrons. The van der Waals surface area contributed by atoms with Gasteiger partial charge in [0.25, 0.3) is 0 Å². The van der Waals surface area contributed by atoms with Gasteiger partial charge in [-0.25, -0.2) is 8.42 Å². The Kier molecular flexibility index (Phi) is 7.76. The molecule has 0 unspecified atom stereocenters. The maximum absolute atomic E-state index is 12.8. The van der Waals surface area contributed by atoms with Gasteiger partial charge in [-0.1, -0.05) is 35.9 Å². The van der Waals surface area contributed by atoms with Crippen molar-refractivity contribution < 1.29 is 13.2 Å². The Morgan fingerprint density at radius 3 is 2.31 bits per heavy atom. The first kappa shape index (κ1) is 22.3. The second kappa shape index (κ2) is 10.1. The van der Waals surface area contributed by atoms with Crippen LogP contribution >= 0.6 is 23.4 Å². The molecule has 5 nitrogen and oxygen atoms in total. The molecule has 3 rings (SSSR count). The van der Waals surface area contributed by atoms with Crippen LogP contribution in [0.3, 0.4) is 0 Å². The highest BCUT2D eigenvalue weighted by atomic mass is 35.5. The summed E-state index contributed by atoms with van der Waals surface area (Å²) in [5.41, 5.74) is 0.517. The summed E-state index contributed by atoms with van der Waals surface area (Å²) >= 11 is 7.93. The topological polar surface area (TPSA) is 57.7 Å². The first-order valence-electron chi connectivity index (χ1n) is 9.59. The van der Waals surface area contributed by atoms with E-state index in [1.54, 1.807) is 23.9 Å². The van der Waals surface area contributed by atoms with Crippen LogP contribution in [0.15, 0.2) is 58.3 Å². The van der Waals surface area contributed by atoms with Crippen LogP contribution in [-0.2, 0) is 10.0 Å². The van der Waals surface area contributed by atoms with E-state index in [2.05, 4.69) is 4.90 Å². The average Bonchev–Trinajstić information content (AvgIpc) is 2.73. The molecule has 0 amide bonds. The fourth-order valence-corrected chi connectivity index (χ4v) is 5.83. The number of carbonyl (C=O) groups is 1. The number of carbonyl (C=O) groups excluding carboxylic acids is 1. The number of benzene rings is 2. The lowest BCUT2D eigenvalue weighted by atomic mass is 10.2. The zero-order chi connectivity index (χ0) is 20.9. The van der Waals surface area contributed by atoms with Crippen molar-refractivity contribution in [1.29, 1.82) is 0 Å². The van der Waals surface area contributed by atoms with Gasteiger partial charge in [-0.3, -0.25) is 4.79 Å². The number of ketones is 1. The molecule has 156 valence electrons. The summed E-state index contributed by atoms with van der Waals surface area (Å²) in [6, 6.07) is 14.0. The smallest absolute Gasteiger partial charge is 0.243 e. The van der Waals surface area contributed by atoms with Gasteiger partial charge in [-0.15, -0.1) is 11.8 Å². The first-order chi connectivity index (χ1) is 13.9. The van der Waals surface area contributed by atoms with Crippen molar-refractivity contribution in [3.8, 4) is 0 Å². The third-order valence-electron chi connectivity index (χ3n) is 4.94. The molecule has 8 heteroatoms. The van der Waals surface area contributed by atoms with E-state index >= 15 is 0 Å². The van der Waals surface area contributed by atoms with Crippen molar-refractivity contribution >= 4 is 39.2 Å². The molecule has 1 aliphatic rings. The maximum Gasteiger partial charge on any atom is 0.243 e. The van der Waals surface area contributed by atoms with Crippen molar-refractivity contribution in [2.75, 3.05) is 38.5 Å². The molecule has 0 saturated carbocycles. The Bertz CT molecular complexity index is 941. The van der Waals surface area contributed by atoms with Gasteiger partial charge in [0.2, 0.25) is 10.0 Å². The molecule has 0 aliphatic carbocycles. The number of nitrogens with zero attached hydrogens (tertiary/aromatic N) is 2. The standard InChI is InChI=1S/C21H25ClN2O3S2/c1-17(25)18-7-9-19(10-8-18)29(26,27)24-14-12-23(13-15-24)11-4-16-28-21-6-3-2-5-20(21)22/h2-3,5-10H,4,11-16H2,1H3. The number of piperazine rings is 1.